The van der Waals surface area contributed by atoms with Crippen LogP contribution in [0.25, 0.3) is 16.4 Å². The van der Waals surface area contributed by atoms with E-state index in [1.807, 2.05) is 53.2 Å². The first-order chi connectivity index (χ1) is 13.8. The minimum absolute atomic E-state index is 0.0320. The number of benzene rings is 1. The van der Waals surface area contributed by atoms with Crippen LogP contribution < -0.4 is 15.8 Å². The number of fused-ring (bicyclic) bond motifs is 2. The third-order valence-electron chi connectivity index (χ3n) is 5.31. The molecular weight excluding hydrogens is 352 g/mol. The van der Waals surface area contributed by atoms with E-state index in [9.17, 15) is 4.79 Å². The Morgan fingerprint density at radius 3 is 2.82 bits per heavy atom. The molecule has 1 fully saturated rings. The zero-order valence-corrected chi connectivity index (χ0v) is 15.6. The molecule has 5 rings (SSSR count). The maximum absolute atomic E-state index is 13.2. The Hall–Kier alpha value is -3.19. The lowest BCUT2D eigenvalue weighted by molar-refractivity contribution is 0.577. The molecule has 0 amide bonds. The van der Waals surface area contributed by atoms with Gasteiger partial charge in [0.25, 0.3) is 5.56 Å². The predicted octanol–water partition coefficient (Wildman–Crippen LogP) is 1.70. The van der Waals surface area contributed by atoms with Crippen molar-refractivity contribution in [2.75, 3.05) is 31.1 Å². The number of aromatic nitrogens is 4. The molecule has 7 heteroatoms. The van der Waals surface area contributed by atoms with Crippen molar-refractivity contribution in [3.63, 3.8) is 0 Å². The van der Waals surface area contributed by atoms with E-state index in [0.717, 1.165) is 54.0 Å². The Labute approximate surface area is 162 Å². The number of pyridine rings is 1. The highest BCUT2D eigenvalue weighted by Gasteiger charge is 2.16. The van der Waals surface area contributed by atoms with Gasteiger partial charge >= 0.3 is 0 Å². The average Bonchev–Trinajstić information content (AvgIpc) is 3.16. The molecule has 1 saturated heterocycles. The van der Waals surface area contributed by atoms with E-state index >= 15 is 0 Å². The molecule has 0 unspecified atom stereocenters. The van der Waals surface area contributed by atoms with E-state index in [-0.39, 0.29) is 5.56 Å². The van der Waals surface area contributed by atoms with Gasteiger partial charge in [-0.1, -0.05) is 18.2 Å². The molecular formula is C21H22N6O. The van der Waals surface area contributed by atoms with Crippen molar-refractivity contribution in [3.05, 3.63) is 71.0 Å². The smallest absolute Gasteiger partial charge is 0.276 e. The number of anilines is 1. The van der Waals surface area contributed by atoms with Crippen molar-refractivity contribution < 1.29 is 0 Å². The molecule has 0 atom stereocenters. The molecule has 142 valence electrons. The second-order valence-electron chi connectivity index (χ2n) is 7.10. The summed E-state index contributed by atoms with van der Waals surface area (Å²) in [6.07, 6.45) is 6.45. The summed E-state index contributed by atoms with van der Waals surface area (Å²) >= 11 is 0. The number of rotatable bonds is 4. The van der Waals surface area contributed by atoms with Gasteiger partial charge in [-0.05, 0) is 18.2 Å². The summed E-state index contributed by atoms with van der Waals surface area (Å²) in [6.45, 7) is 4.19. The molecule has 4 heterocycles. The number of imidazole rings is 1. The molecule has 0 spiro atoms. The van der Waals surface area contributed by atoms with E-state index in [1.165, 1.54) is 0 Å². The molecule has 0 aliphatic carbocycles. The topological polar surface area (TPSA) is 67.5 Å². The number of aryl methyl sites for hydroxylation is 2. The van der Waals surface area contributed by atoms with Gasteiger partial charge in [0.1, 0.15) is 5.65 Å². The summed E-state index contributed by atoms with van der Waals surface area (Å²) in [5, 5.41) is 9.41. The predicted molar refractivity (Wildman–Crippen MR) is 110 cm³/mol. The summed E-state index contributed by atoms with van der Waals surface area (Å²) in [7, 11) is 0. The maximum Gasteiger partial charge on any atom is 0.276 e. The summed E-state index contributed by atoms with van der Waals surface area (Å²) in [5.41, 5.74) is 2.84. The van der Waals surface area contributed by atoms with Gasteiger partial charge in [0.15, 0.2) is 0 Å². The van der Waals surface area contributed by atoms with Gasteiger partial charge in [0, 0.05) is 50.4 Å². The summed E-state index contributed by atoms with van der Waals surface area (Å²) < 4.78 is 3.56. The monoisotopic (exact) mass is 374 g/mol. The van der Waals surface area contributed by atoms with Crippen LogP contribution in [0.4, 0.5) is 5.69 Å². The first kappa shape index (κ1) is 16.9. The van der Waals surface area contributed by atoms with E-state index in [2.05, 4.69) is 20.3 Å². The van der Waals surface area contributed by atoms with Gasteiger partial charge in [-0.2, -0.15) is 5.10 Å². The van der Waals surface area contributed by atoms with Gasteiger partial charge in [-0.3, -0.25) is 4.79 Å². The van der Waals surface area contributed by atoms with Crippen LogP contribution in [0.5, 0.6) is 0 Å². The zero-order valence-electron chi connectivity index (χ0n) is 15.6. The van der Waals surface area contributed by atoms with Crippen molar-refractivity contribution in [3.8, 4) is 0 Å². The van der Waals surface area contributed by atoms with Crippen molar-refractivity contribution in [2.45, 2.75) is 13.0 Å². The molecule has 0 bridgehead atoms. The third-order valence-corrected chi connectivity index (χ3v) is 5.31. The van der Waals surface area contributed by atoms with Crippen LogP contribution in [0.15, 0.2) is 59.8 Å². The minimum atomic E-state index is -0.0320. The minimum Gasteiger partial charge on any atom is -0.368 e. The average molecular weight is 374 g/mol. The maximum atomic E-state index is 13.2. The van der Waals surface area contributed by atoms with Crippen molar-refractivity contribution in [1.82, 2.24) is 24.5 Å². The summed E-state index contributed by atoms with van der Waals surface area (Å²) in [6, 6.07) is 11.9. The second kappa shape index (κ2) is 7.09. The van der Waals surface area contributed by atoms with Gasteiger partial charge < -0.3 is 14.6 Å². The van der Waals surface area contributed by atoms with Crippen LogP contribution in [0.2, 0.25) is 0 Å². The highest BCUT2D eigenvalue weighted by atomic mass is 16.1. The Bertz CT molecular complexity index is 1160. The lowest BCUT2D eigenvalue weighted by Crippen LogP contribution is -2.44. The van der Waals surface area contributed by atoms with Crippen molar-refractivity contribution in [1.29, 1.82) is 0 Å². The fourth-order valence-corrected chi connectivity index (χ4v) is 3.87. The first-order valence-electron chi connectivity index (χ1n) is 9.67. The normalized spacial score (nSPS) is 14.8. The van der Waals surface area contributed by atoms with Crippen molar-refractivity contribution >= 4 is 22.1 Å². The van der Waals surface area contributed by atoms with E-state index in [1.54, 1.807) is 10.9 Å². The number of nitrogens with one attached hydrogen (secondary N) is 1. The third kappa shape index (κ3) is 3.03. The molecule has 3 aromatic heterocycles. The Morgan fingerprint density at radius 2 is 1.96 bits per heavy atom. The molecule has 1 aliphatic heterocycles. The molecule has 1 aromatic carbocycles. The standard InChI is InChI=1S/C21H22N6O/c28-21-20-16(4-3-5-18(20)25-12-8-22-9-13-25)14-23-27(21)11-7-17-15-26-10-2-1-6-19(26)24-17/h1-6,10,14-15,22H,7-9,11-13H2. The van der Waals surface area contributed by atoms with E-state index in [0.29, 0.717) is 13.0 Å². The van der Waals surface area contributed by atoms with Crippen LogP contribution in [0.1, 0.15) is 5.69 Å². The quantitative estimate of drug-likeness (QED) is 0.589. The lowest BCUT2D eigenvalue weighted by Gasteiger charge is -2.30. The molecule has 7 nitrogen and oxygen atoms in total. The Morgan fingerprint density at radius 1 is 1.07 bits per heavy atom. The molecule has 0 saturated carbocycles. The van der Waals surface area contributed by atoms with Gasteiger partial charge in [-0.25, -0.2) is 9.67 Å². The van der Waals surface area contributed by atoms with Crippen LogP contribution in [-0.4, -0.2) is 45.3 Å². The Kier molecular flexibility index (Phi) is 4.29. The summed E-state index contributed by atoms with van der Waals surface area (Å²) in [5.74, 6) is 0. The van der Waals surface area contributed by atoms with Crippen molar-refractivity contribution in [2.24, 2.45) is 0 Å². The number of hydrogen-bond donors (Lipinski definition) is 1. The largest absolute Gasteiger partial charge is 0.368 e. The van der Waals surface area contributed by atoms with Gasteiger partial charge in [-0.15, -0.1) is 0 Å². The summed E-state index contributed by atoms with van der Waals surface area (Å²) in [4.78, 5) is 20.1. The molecule has 28 heavy (non-hydrogen) atoms. The van der Waals surface area contributed by atoms with E-state index < -0.39 is 0 Å². The van der Waals surface area contributed by atoms with Gasteiger partial charge in [0.05, 0.1) is 29.5 Å². The Balaban J connectivity index is 1.47. The second-order valence-corrected chi connectivity index (χ2v) is 7.10. The lowest BCUT2D eigenvalue weighted by atomic mass is 10.1. The molecule has 4 aromatic rings. The molecule has 0 radical (unpaired) electrons. The van der Waals surface area contributed by atoms with E-state index in [4.69, 9.17) is 0 Å². The molecule has 1 aliphatic rings. The van der Waals surface area contributed by atoms with Crippen LogP contribution in [-0.2, 0) is 13.0 Å². The fourth-order valence-electron chi connectivity index (χ4n) is 3.87. The highest BCUT2D eigenvalue weighted by Crippen LogP contribution is 2.23. The number of nitrogens with zero attached hydrogens (tertiary/aromatic N) is 5. The number of hydrogen-bond acceptors (Lipinski definition) is 5. The van der Waals surface area contributed by atoms with Crippen LogP contribution in [0.3, 0.4) is 0 Å². The van der Waals surface area contributed by atoms with Crippen LogP contribution >= 0.6 is 0 Å². The van der Waals surface area contributed by atoms with Crippen LogP contribution in [0, 0.1) is 0 Å². The molecule has 1 N–H and O–H groups in total. The SMILES string of the molecule is O=c1c2c(N3CCNCC3)cccc2cnn1CCc1cn2ccccc2n1. The van der Waals surface area contributed by atoms with Gasteiger partial charge in [0.2, 0.25) is 0 Å². The highest BCUT2D eigenvalue weighted by molar-refractivity contribution is 5.93. The first-order valence-corrected chi connectivity index (χ1v) is 9.67. The number of piperazine rings is 1. The fraction of sp³-hybridized carbons (Fsp3) is 0.286. The zero-order chi connectivity index (χ0) is 18.9.